The summed E-state index contributed by atoms with van der Waals surface area (Å²) in [5.74, 6) is 5.71. The molecule has 30 heavy (non-hydrogen) atoms. The van der Waals surface area contributed by atoms with Crippen molar-refractivity contribution < 1.29 is 28.5 Å². The lowest BCUT2D eigenvalue weighted by Crippen LogP contribution is -2.30. The van der Waals surface area contributed by atoms with Gasteiger partial charge in [0.1, 0.15) is 17.8 Å². The third-order valence-electron chi connectivity index (χ3n) is 5.06. The Morgan fingerprint density at radius 3 is 2.17 bits per heavy atom. The van der Waals surface area contributed by atoms with E-state index >= 15 is 0 Å². The Kier molecular flexibility index (Phi) is 11.7. The van der Waals surface area contributed by atoms with Gasteiger partial charge in [0, 0.05) is 33.4 Å². The van der Waals surface area contributed by atoms with Crippen molar-refractivity contribution >= 4 is 5.91 Å². The average Bonchev–Trinajstić information content (AvgIpc) is 3.63. The molecule has 2 rings (SSSR count). The summed E-state index contributed by atoms with van der Waals surface area (Å²) < 4.78 is 27.3. The van der Waals surface area contributed by atoms with Gasteiger partial charge in [0.05, 0.1) is 26.4 Å². The van der Waals surface area contributed by atoms with Crippen LogP contribution in [0.2, 0.25) is 0 Å². The Morgan fingerprint density at radius 2 is 1.60 bits per heavy atom. The molecule has 2 heterocycles. The number of carbonyl (C=O) groups is 1. The smallest absolute Gasteiger partial charge is 0.298 e. The number of hydrogen-bond acceptors (Lipinski definition) is 6. The Labute approximate surface area is 181 Å². The highest BCUT2D eigenvalue weighted by Crippen LogP contribution is 2.17. The molecule has 0 radical (unpaired) electrons. The second kappa shape index (κ2) is 14.0. The van der Waals surface area contributed by atoms with E-state index in [9.17, 15) is 4.79 Å². The molecule has 0 N–H and O–H groups in total. The first-order valence-corrected chi connectivity index (χ1v) is 11.3. The van der Waals surface area contributed by atoms with Crippen LogP contribution in [-0.4, -0.2) is 88.5 Å². The van der Waals surface area contributed by atoms with Crippen LogP contribution in [0, 0.1) is 11.8 Å². The van der Waals surface area contributed by atoms with Gasteiger partial charge in [0.15, 0.2) is 0 Å². The van der Waals surface area contributed by atoms with Gasteiger partial charge in [0.2, 0.25) is 0 Å². The predicted molar refractivity (Wildman–Crippen MR) is 114 cm³/mol. The van der Waals surface area contributed by atoms with Gasteiger partial charge in [0.25, 0.3) is 5.91 Å². The summed E-state index contributed by atoms with van der Waals surface area (Å²) in [4.78, 5) is 14.0. The number of ether oxygens (including phenoxy) is 5. The highest BCUT2D eigenvalue weighted by atomic mass is 16.6. The van der Waals surface area contributed by atoms with Crippen molar-refractivity contribution in [3.63, 3.8) is 0 Å². The van der Waals surface area contributed by atoms with E-state index in [0.29, 0.717) is 45.2 Å². The number of amides is 1. The maximum Gasteiger partial charge on any atom is 0.298 e. The zero-order valence-corrected chi connectivity index (χ0v) is 19.0. The third kappa shape index (κ3) is 11.9. The molecule has 3 unspecified atom stereocenters. The molecule has 0 aliphatic carbocycles. The topological polar surface area (TPSA) is 73.1 Å². The van der Waals surface area contributed by atoms with Gasteiger partial charge in [-0.2, -0.15) is 0 Å². The number of unbranched alkanes of at least 4 members (excludes halogenated alkanes) is 2. The van der Waals surface area contributed by atoms with Crippen molar-refractivity contribution in [2.75, 3.05) is 59.8 Å². The largest absolute Gasteiger partial charge is 0.379 e. The molecule has 1 amide bonds. The molecule has 0 bridgehead atoms. The van der Waals surface area contributed by atoms with Crippen LogP contribution in [0.1, 0.15) is 52.4 Å². The van der Waals surface area contributed by atoms with E-state index in [4.69, 9.17) is 23.7 Å². The van der Waals surface area contributed by atoms with Gasteiger partial charge in [-0.3, -0.25) is 4.79 Å². The lowest BCUT2D eigenvalue weighted by atomic mass is 10.0. The molecule has 2 aliphatic rings. The van der Waals surface area contributed by atoms with E-state index in [-0.39, 0.29) is 5.91 Å². The molecule has 0 aromatic heterocycles. The van der Waals surface area contributed by atoms with Crippen LogP contribution < -0.4 is 0 Å². The fourth-order valence-corrected chi connectivity index (χ4v) is 2.95. The quantitative estimate of drug-likeness (QED) is 0.202. The zero-order chi connectivity index (χ0) is 21.7. The van der Waals surface area contributed by atoms with Crippen molar-refractivity contribution in [1.82, 2.24) is 4.90 Å². The molecule has 7 nitrogen and oxygen atoms in total. The van der Waals surface area contributed by atoms with Crippen LogP contribution in [0.4, 0.5) is 0 Å². The molecule has 172 valence electrons. The fourth-order valence-electron chi connectivity index (χ4n) is 2.95. The molecule has 2 fully saturated rings. The number of epoxide rings is 2. The van der Waals surface area contributed by atoms with Gasteiger partial charge < -0.3 is 28.6 Å². The van der Waals surface area contributed by atoms with Crippen LogP contribution in [0.5, 0.6) is 0 Å². The summed E-state index contributed by atoms with van der Waals surface area (Å²) in [5.41, 5.74) is -0.591. The predicted octanol–water partition coefficient (Wildman–Crippen LogP) is 2.41. The van der Waals surface area contributed by atoms with Gasteiger partial charge in [-0.1, -0.05) is 19.3 Å². The van der Waals surface area contributed by atoms with Crippen molar-refractivity contribution in [3.05, 3.63) is 0 Å². The molecule has 0 aromatic rings. The normalized spacial score (nSPS) is 21.4. The van der Waals surface area contributed by atoms with Gasteiger partial charge in [-0.05, 0) is 44.9 Å². The minimum absolute atomic E-state index is 0.163. The van der Waals surface area contributed by atoms with Gasteiger partial charge in [-0.25, -0.2) is 0 Å². The van der Waals surface area contributed by atoms with E-state index in [1.807, 2.05) is 6.92 Å². The molecule has 0 aromatic carbocycles. The summed E-state index contributed by atoms with van der Waals surface area (Å²) in [7, 11) is 1.79. The molecule has 2 saturated heterocycles. The van der Waals surface area contributed by atoms with Crippen LogP contribution in [-0.2, 0) is 28.5 Å². The van der Waals surface area contributed by atoms with E-state index in [0.717, 1.165) is 58.3 Å². The molecule has 2 aliphatic heterocycles. The van der Waals surface area contributed by atoms with E-state index in [1.54, 1.807) is 11.9 Å². The van der Waals surface area contributed by atoms with Gasteiger partial charge >= 0.3 is 0 Å². The summed E-state index contributed by atoms with van der Waals surface area (Å²) in [5, 5.41) is 0. The molecule has 0 spiro atoms. The number of rotatable bonds is 17. The maximum atomic E-state index is 12.3. The van der Waals surface area contributed by atoms with Crippen LogP contribution in [0.25, 0.3) is 0 Å². The summed E-state index contributed by atoms with van der Waals surface area (Å²) in [6.07, 6.45) is 6.05. The molecule has 0 saturated carbocycles. The summed E-state index contributed by atoms with van der Waals surface area (Å²) in [6, 6.07) is 0. The number of nitrogens with zero attached hydrogens (tertiary/aromatic N) is 1. The van der Waals surface area contributed by atoms with Crippen LogP contribution in [0.15, 0.2) is 0 Å². The maximum absolute atomic E-state index is 12.3. The average molecular weight is 426 g/mol. The molecule has 3 atom stereocenters. The molecular formula is C23H39NO6. The Hall–Kier alpha value is -1.17. The van der Waals surface area contributed by atoms with Crippen LogP contribution >= 0.6 is 0 Å². The highest BCUT2D eigenvalue weighted by Gasteiger charge is 2.23. The SMILES string of the molecule is CCCC(C)(C#CC(=O)N(C)CCCCOCC1CO1)OCCCCOCC1CO1. The zero-order valence-electron chi connectivity index (χ0n) is 19.0. The first-order valence-electron chi connectivity index (χ1n) is 11.3. The fraction of sp³-hybridized carbons (Fsp3) is 0.870. The lowest BCUT2D eigenvalue weighted by Gasteiger charge is -2.24. The van der Waals surface area contributed by atoms with Crippen molar-refractivity contribution in [3.8, 4) is 11.8 Å². The second-order valence-corrected chi connectivity index (χ2v) is 8.28. The van der Waals surface area contributed by atoms with Crippen molar-refractivity contribution in [1.29, 1.82) is 0 Å². The van der Waals surface area contributed by atoms with Crippen molar-refractivity contribution in [2.45, 2.75) is 70.2 Å². The minimum Gasteiger partial charge on any atom is -0.379 e. The van der Waals surface area contributed by atoms with Gasteiger partial charge in [-0.15, -0.1) is 0 Å². The second-order valence-electron chi connectivity index (χ2n) is 8.28. The summed E-state index contributed by atoms with van der Waals surface area (Å²) >= 11 is 0. The van der Waals surface area contributed by atoms with E-state index in [2.05, 4.69) is 18.8 Å². The molecular weight excluding hydrogens is 386 g/mol. The number of carbonyl (C=O) groups excluding carboxylic acids is 1. The third-order valence-corrected chi connectivity index (χ3v) is 5.06. The monoisotopic (exact) mass is 425 g/mol. The minimum atomic E-state index is -0.591. The standard InChI is InChI=1S/C23H39NO6/c1-4-10-23(2,30-15-8-7-14-27-17-21-19-29-21)11-9-22(25)24(3)12-5-6-13-26-16-20-18-28-20/h20-21H,4-8,10,12-19H2,1-3H3. The summed E-state index contributed by atoms with van der Waals surface area (Å²) in [6.45, 7) is 9.81. The Morgan fingerprint density at radius 1 is 1.03 bits per heavy atom. The Bertz CT molecular complexity index is 552. The first-order chi connectivity index (χ1) is 14.5. The molecule has 7 heteroatoms. The van der Waals surface area contributed by atoms with E-state index < -0.39 is 5.60 Å². The lowest BCUT2D eigenvalue weighted by molar-refractivity contribution is -0.124. The number of hydrogen-bond donors (Lipinski definition) is 0. The van der Waals surface area contributed by atoms with Crippen LogP contribution in [0.3, 0.4) is 0 Å². The first kappa shape index (κ1) is 25.1. The van der Waals surface area contributed by atoms with Crippen molar-refractivity contribution in [2.24, 2.45) is 0 Å². The highest BCUT2D eigenvalue weighted by molar-refractivity contribution is 5.93. The Balaban J connectivity index is 1.58. The van der Waals surface area contributed by atoms with E-state index in [1.165, 1.54) is 0 Å².